The number of para-hydroxylation sites is 1. The van der Waals surface area contributed by atoms with E-state index in [4.69, 9.17) is 4.74 Å². The second kappa shape index (κ2) is 3.12. The van der Waals surface area contributed by atoms with Gasteiger partial charge in [0.2, 0.25) is 0 Å². The quantitative estimate of drug-likeness (QED) is 0.709. The Hall–Kier alpha value is -1.77. The molecule has 3 rings (SSSR count). The summed E-state index contributed by atoms with van der Waals surface area (Å²) in [6.07, 6.45) is 1.79. The van der Waals surface area contributed by atoms with Crippen LogP contribution in [0.3, 0.4) is 0 Å². The summed E-state index contributed by atoms with van der Waals surface area (Å²) in [7, 11) is 0. The molecule has 2 aromatic rings. The molecular weight excluding hydrogens is 188 g/mol. The number of hydrogen-bond acceptors (Lipinski definition) is 3. The molecule has 1 aliphatic rings. The van der Waals surface area contributed by atoms with Crippen molar-refractivity contribution in [2.24, 2.45) is 0 Å². The highest BCUT2D eigenvalue weighted by atomic mass is 16.5. The maximum absolute atomic E-state index is 5.62. The minimum atomic E-state index is 0.350. The fourth-order valence-electron chi connectivity index (χ4n) is 1.88. The first-order valence-corrected chi connectivity index (χ1v) is 5.11. The molecule has 0 aliphatic carbocycles. The SMILES string of the molecule is CC1COc2cnc3ccccc3c2N1. The van der Waals surface area contributed by atoms with E-state index in [1.54, 1.807) is 6.20 Å². The molecule has 1 unspecified atom stereocenters. The summed E-state index contributed by atoms with van der Waals surface area (Å²) in [5.74, 6) is 0.854. The number of nitrogens with zero attached hydrogens (tertiary/aromatic N) is 1. The lowest BCUT2D eigenvalue weighted by molar-refractivity contribution is 0.291. The molecule has 0 bridgehead atoms. The third-order valence-corrected chi connectivity index (χ3v) is 2.62. The zero-order valence-corrected chi connectivity index (χ0v) is 8.53. The minimum absolute atomic E-state index is 0.350. The molecule has 76 valence electrons. The lowest BCUT2D eigenvalue weighted by Gasteiger charge is -2.25. The van der Waals surface area contributed by atoms with Crippen LogP contribution in [0.15, 0.2) is 30.5 Å². The van der Waals surface area contributed by atoms with E-state index in [-0.39, 0.29) is 0 Å². The van der Waals surface area contributed by atoms with Gasteiger partial charge in [0.15, 0.2) is 5.75 Å². The van der Waals surface area contributed by atoms with Gasteiger partial charge in [-0.25, -0.2) is 0 Å². The largest absolute Gasteiger partial charge is 0.488 e. The summed E-state index contributed by atoms with van der Waals surface area (Å²) in [6, 6.07) is 8.44. The second-order valence-electron chi connectivity index (χ2n) is 3.87. The van der Waals surface area contributed by atoms with Crippen LogP contribution in [-0.2, 0) is 0 Å². The van der Waals surface area contributed by atoms with Crippen molar-refractivity contribution in [3.05, 3.63) is 30.5 Å². The first-order valence-electron chi connectivity index (χ1n) is 5.11. The summed E-state index contributed by atoms with van der Waals surface area (Å²) < 4.78 is 5.62. The number of pyridine rings is 1. The Kier molecular flexibility index (Phi) is 1.78. The fourth-order valence-corrected chi connectivity index (χ4v) is 1.88. The highest BCUT2D eigenvalue weighted by Crippen LogP contribution is 2.34. The second-order valence-corrected chi connectivity index (χ2v) is 3.87. The smallest absolute Gasteiger partial charge is 0.161 e. The van der Waals surface area contributed by atoms with Crippen molar-refractivity contribution in [1.82, 2.24) is 4.98 Å². The Morgan fingerprint density at radius 2 is 2.27 bits per heavy atom. The highest BCUT2D eigenvalue weighted by molar-refractivity contribution is 5.94. The van der Waals surface area contributed by atoms with Crippen molar-refractivity contribution in [2.75, 3.05) is 11.9 Å². The molecule has 0 saturated heterocycles. The number of anilines is 1. The van der Waals surface area contributed by atoms with E-state index >= 15 is 0 Å². The van der Waals surface area contributed by atoms with Crippen molar-refractivity contribution in [3.8, 4) is 5.75 Å². The predicted octanol–water partition coefficient (Wildman–Crippen LogP) is 2.43. The summed E-state index contributed by atoms with van der Waals surface area (Å²) in [5, 5.41) is 4.56. The van der Waals surface area contributed by atoms with Gasteiger partial charge in [-0.3, -0.25) is 4.98 Å². The Labute approximate surface area is 88.1 Å². The van der Waals surface area contributed by atoms with E-state index in [2.05, 4.69) is 23.3 Å². The first kappa shape index (κ1) is 8.53. The Morgan fingerprint density at radius 3 is 3.20 bits per heavy atom. The lowest BCUT2D eigenvalue weighted by Crippen LogP contribution is -2.28. The molecule has 1 N–H and O–H groups in total. The van der Waals surface area contributed by atoms with Crippen LogP contribution in [0, 0.1) is 0 Å². The van der Waals surface area contributed by atoms with E-state index in [0.717, 1.165) is 22.3 Å². The van der Waals surface area contributed by atoms with Gasteiger partial charge in [0, 0.05) is 5.39 Å². The third kappa shape index (κ3) is 1.31. The molecule has 0 radical (unpaired) electrons. The van der Waals surface area contributed by atoms with Crippen LogP contribution >= 0.6 is 0 Å². The van der Waals surface area contributed by atoms with Crippen LogP contribution < -0.4 is 10.1 Å². The Bertz CT molecular complexity index is 510. The van der Waals surface area contributed by atoms with Gasteiger partial charge >= 0.3 is 0 Å². The number of rotatable bonds is 0. The lowest BCUT2D eigenvalue weighted by atomic mass is 10.1. The van der Waals surface area contributed by atoms with Gasteiger partial charge in [-0.15, -0.1) is 0 Å². The number of aromatic nitrogens is 1. The van der Waals surface area contributed by atoms with Gasteiger partial charge in [-0.2, -0.15) is 0 Å². The van der Waals surface area contributed by atoms with Crippen molar-refractivity contribution in [3.63, 3.8) is 0 Å². The zero-order chi connectivity index (χ0) is 10.3. The van der Waals surface area contributed by atoms with Gasteiger partial charge in [0.05, 0.1) is 23.4 Å². The third-order valence-electron chi connectivity index (χ3n) is 2.62. The number of ether oxygens (including phenoxy) is 1. The molecule has 15 heavy (non-hydrogen) atoms. The maximum Gasteiger partial charge on any atom is 0.161 e. The number of fused-ring (bicyclic) bond motifs is 3. The molecule has 1 aromatic carbocycles. The molecule has 3 heteroatoms. The highest BCUT2D eigenvalue weighted by Gasteiger charge is 2.17. The standard InChI is InChI=1S/C12H12N2O/c1-8-7-15-11-6-13-10-5-3-2-4-9(10)12(11)14-8/h2-6,8,14H,7H2,1H3. The molecule has 3 nitrogen and oxygen atoms in total. The van der Waals surface area contributed by atoms with E-state index < -0.39 is 0 Å². The summed E-state index contributed by atoms with van der Waals surface area (Å²) in [5.41, 5.74) is 2.07. The van der Waals surface area contributed by atoms with Crippen LogP contribution in [0.1, 0.15) is 6.92 Å². The topological polar surface area (TPSA) is 34.1 Å². The van der Waals surface area contributed by atoms with Gasteiger partial charge in [-0.05, 0) is 13.0 Å². The molecule has 2 heterocycles. The van der Waals surface area contributed by atoms with Crippen LogP contribution in [0.5, 0.6) is 5.75 Å². The predicted molar refractivity (Wildman–Crippen MR) is 60.3 cm³/mol. The monoisotopic (exact) mass is 200 g/mol. The van der Waals surface area contributed by atoms with Crippen molar-refractivity contribution < 1.29 is 4.74 Å². The fraction of sp³-hybridized carbons (Fsp3) is 0.250. The zero-order valence-electron chi connectivity index (χ0n) is 8.53. The molecule has 1 aromatic heterocycles. The van der Waals surface area contributed by atoms with E-state index in [1.165, 1.54) is 0 Å². The molecule has 1 aliphatic heterocycles. The average Bonchev–Trinajstić information content (AvgIpc) is 2.29. The summed E-state index contributed by atoms with van der Waals surface area (Å²) in [4.78, 5) is 4.35. The maximum atomic E-state index is 5.62. The van der Waals surface area contributed by atoms with E-state index in [9.17, 15) is 0 Å². The minimum Gasteiger partial charge on any atom is -0.488 e. The van der Waals surface area contributed by atoms with Gasteiger partial charge in [0.25, 0.3) is 0 Å². The number of hydrogen-bond donors (Lipinski definition) is 1. The molecule has 0 amide bonds. The summed E-state index contributed by atoms with van der Waals surface area (Å²) in [6.45, 7) is 2.81. The Balaban J connectivity index is 2.28. The van der Waals surface area contributed by atoms with Gasteiger partial charge in [0.1, 0.15) is 6.61 Å². The van der Waals surface area contributed by atoms with Crippen molar-refractivity contribution in [2.45, 2.75) is 13.0 Å². The van der Waals surface area contributed by atoms with Crippen LogP contribution in [0.4, 0.5) is 5.69 Å². The normalized spacial score (nSPS) is 19.1. The molecule has 0 spiro atoms. The van der Waals surface area contributed by atoms with Crippen molar-refractivity contribution in [1.29, 1.82) is 0 Å². The first-order chi connectivity index (χ1) is 7.34. The van der Waals surface area contributed by atoms with Crippen LogP contribution in [0.25, 0.3) is 10.9 Å². The molecular formula is C12H12N2O. The van der Waals surface area contributed by atoms with Gasteiger partial charge < -0.3 is 10.1 Å². The van der Waals surface area contributed by atoms with Crippen LogP contribution in [-0.4, -0.2) is 17.6 Å². The van der Waals surface area contributed by atoms with Gasteiger partial charge in [-0.1, -0.05) is 18.2 Å². The number of benzene rings is 1. The molecule has 0 fully saturated rings. The van der Waals surface area contributed by atoms with E-state index in [0.29, 0.717) is 12.6 Å². The van der Waals surface area contributed by atoms with Crippen molar-refractivity contribution >= 4 is 16.6 Å². The van der Waals surface area contributed by atoms with E-state index in [1.807, 2.05) is 18.2 Å². The molecule has 1 atom stereocenters. The Morgan fingerprint density at radius 1 is 1.40 bits per heavy atom. The summed E-state index contributed by atoms with van der Waals surface area (Å²) >= 11 is 0. The molecule has 0 saturated carbocycles. The average molecular weight is 200 g/mol. The van der Waals surface area contributed by atoms with Crippen LogP contribution in [0.2, 0.25) is 0 Å². The number of nitrogens with one attached hydrogen (secondary N) is 1.